The van der Waals surface area contributed by atoms with E-state index < -0.39 is 11.8 Å². The van der Waals surface area contributed by atoms with E-state index in [0.717, 1.165) is 0 Å². The molecule has 0 bridgehead atoms. The van der Waals surface area contributed by atoms with Gasteiger partial charge in [0.05, 0.1) is 0 Å². The summed E-state index contributed by atoms with van der Waals surface area (Å²) in [5.74, 6) is -2.91. The average Bonchev–Trinajstić information content (AvgIpc) is 2.13. The summed E-state index contributed by atoms with van der Waals surface area (Å²) in [5, 5.41) is 0. The third-order valence-electron chi connectivity index (χ3n) is 1.24. The van der Waals surface area contributed by atoms with Crippen molar-refractivity contribution >= 4 is 0 Å². The summed E-state index contributed by atoms with van der Waals surface area (Å²) in [6, 6.07) is 0. The second-order valence-corrected chi connectivity index (χ2v) is 1.90. The highest BCUT2D eigenvalue weighted by Gasteiger charge is 2.55. The van der Waals surface area contributed by atoms with Crippen LogP contribution in [-0.2, 0) is 0 Å². The van der Waals surface area contributed by atoms with E-state index in [4.69, 9.17) is 5.73 Å². The quantitative estimate of drug-likeness (QED) is 0.521. The standard InChI is InChI=1S/C4H7F2N/c5-4(6)1-3(4)2-7/h3H,1-2,7H2/t3-/m0/s1. The zero-order valence-corrected chi connectivity index (χ0v) is 3.82. The fourth-order valence-electron chi connectivity index (χ4n) is 0.525. The largest absolute Gasteiger partial charge is 0.330 e. The van der Waals surface area contributed by atoms with E-state index in [-0.39, 0.29) is 13.0 Å². The molecule has 1 nitrogen and oxygen atoms in total. The van der Waals surface area contributed by atoms with E-state index >= 15 is 0 Å². The number of rotatable bonds is 1. The highest BCUT2D eigenvalue weighted by molar-refractivity contribution is 4.95. The Kier molecular flexibility index (Phi) is 0.819. The maximum absolute atomic E-state index is 11.7. The lowest BCUT2D eigenvalue weighted by molar-refractivity contribution is 0.101. The van der Waals surface area contributed by atoms with Crippen LogP contribution in [-0.4, -0.2) is 12.5 Å². The molecule has 2 N–H and O–H groups in total. The summed E-state index contributed by atoms with van der Waals surface area (Å²) in [7, 11) is 0. The van der Waals surface area contributed by atoms with E-state index in [1.54, 1.807) is 0 Å². The zero-order chi connectivity index (χ0) is 5.49. The monoisotopic (exact) mass is 107 g/mol. The average molecular weight is 107 g/mol. The number of halogens is 2. The van der Waals surface area contributed by atoms with Crippen molar-refractivity contribution in [1.29, 1.82) is 0 Å². The Morgan fingerprint density at radius 3 is 2.14 bits per heavy atom. The predicted octanol–water partition coefficient (Wildman–Crippen LogP) is 0.600. The third-order valence-corrected chi connectivity index (χ3v) is 1.24. The molecule has 42 valence electrons. The topological polar surface area (TPSA) is 26.0 Å². The summed E-state index contributed by atoms with van der Waals surface area (Å²) in [6.45, 7) is 0.132. The third kappa shape index (κ3) is 0.725. The van der Waals surface area contributed by atoms with Crippen LogP contribution in [0.15, 0.2) is 0 Å². The smallest absolute Gasteiger partial charge is 0.252 e. The first-order valence-corrected chi connectivity index (χ1v) is 2.24. The summed E-state index contributed by atoms with van der Waals surface area (Å²) in [5.41, 5.74) is 4.93. The predicted molar refractivity (Wildman–Crippen MR) is 22.1 cm³/mol. The lowest BCUT2D eigenvalue weighted by atomic mass is 10.4. The van der Waals surface area contributed by atoms with Gasteiger partial charge in [0.2, 0.25) is 0 Å². The van der Waals surface area contributed by atoms with Crippen molar-refractivity contribution in [2.45, 2.75) is 12.3 Å². The highest BCUT2D eigenvalue weighted by Crippen LogP contribution is 2.47. The van der Waals surface area contributed by atoms with Crippen LogP contribution in [0.25, 0.3) is 0 Å². The van der Waals surface area contributed by atoms with Gasteiger partial charge in [0, 0.05) is 18.9 Å². The molecule has 0 radical (unpaired) electrons. The van der Waals surface area contributed by atoms with Crippen LogP contribution in [0.5, 0.6) is 0 Å². The highest BCUT2D eigenvalue weighted by atomic mass is 19.3. The number of hydrogen-bond acceptors (Lipinski definition) is 1. The second-order valence-electron chi connectivity index (χ2n) is 1.90. The van der Waals surface area contributed by atoms with E-state index in [9.17, 15) is 8.78 Å². The van der Waals surface area contributed by atoms with Gasteiger partial charge in [-0.2, -0.15) is 0 Å². The van der Waals surface area contributed by atoms with Gasteiger partial charge in [0.1, 0.15) is 0 Å². The fourth-order valence-corrected chi connectivity index (χ4v) is 0.525. The maximum atomic E-state index is 11.7. The SMILES string of the molecule is NC[C@@H]1CC1(F)F. The summed E-state index contributed by atoms with van der Waals surface area (Å²) in [6.07, 6.45) is 0.00347. The lowest BCUT2D eigenvalue weighted by Gasteiger charge is -1.87. The Bertz CT molecular complexity index is 81.8. The van der Waals surface area contributed by atoms with Crippen LogP contribution < -0.4 is 5.73 Å². The number of hydrogen-bond donors (Lipinski definition) is 1. The van der Waals surface area contributed by atoms with Crippen molar-refractivity contribution in [2.75, 3.05) is 6.54 Å². The molecule has 1 atom stereocenters. The lowest BCUT2D eigenvalue weighted by Crippen LogP contribution is -2.06. The Balaban J connectivity index is 2.30. The fraction of sp³-hybridized carbons (Fsp3) is 1.00. The van der Waals surface area contributed by atoms with Crippen molar-refractivity contribution in [3.8, 4) is 0 Å². The van der Waals surface area contributed by atoms with Crippen LogP contribution in [0, 0.1) is 5.92 Å². The minimum absolute atomic E-state index is 0.00347. The van der Waals surface area contributed by atoms with Crippen LogP contribution in [0.2, 0.25) is 0 Å². The molecule has 1 aliphatic carbocycles. The Morgan fingerprint density at radius 2 is 2.14 bits per heavy atom. The molecule has 1 rings (SSSR count). The Labute approximate surface area is 40.5 Å². The van der Waals surface area contributed by atoms with Gasteiger partial charge in [0.25, 0.3) is 5.92 Å². The molecule has 0 aromatic rings. The second kappa shape index (κ2) is 1.15. The molecule has 0 spiro atoms. The molecule has 0 amide bonds. The normalized spacial score (nSPS) is 35.6. The van der Waals surface area contributed by atoms with Crippen molar-refractivity contribution < 1.29 is 8.78 Å². The van der Waals surface area contributed by atoms with Crippen LogP contribution in [0.3, 0.4) is 0 Å². The van der Waals surface area contributed by atoms with Crippen molar-refractivity contribution in [1.82, 2.24) is 0 Å². The molecule has 1 saturated carbocycles. The van der Waals surface area contributed by atoms with Crippen molar-refractivity contribution in [2.24, 2.45) is 11.7 Å². The minimum Gasteiger partial charge on any atom is -0.330 e. The van der Waals surface area contributed by atoms with Gasteiger partial charge in [0.15, 0.2) is 0 Å². The van der Waals surface area contributed by atoms with Gasteiger partial charge < -0.3 is 5.73 Å². The molecule has 0 saturated heterocycles. The molecule has 1 aliphatic rings. The Morgan fingerprint density at radius 1 is 1.71 bits per heavy atom. The van der Waals surface area contributed by atoms with E-state index in [0.29, 0.717) is 0 Å². The molecule has 0 aromatic carbocycles. The Hall–Kier alpha value is -0.180. The molecule has 3 heteroatoms. The van der Waals surface area contributed by atoms with Gasteiger partial charge in [-0.1, -0.05) is 0 Å². The maximum Gasteiger partial charge on any atom is 0.252 e. The van der Waals surface area contributed by atoms with Gasteiger partial charge in [-0.05, 0) is 0 Å². The molecular formula is C4H7F2N. The molecule has 0 aromatic heterocycles. The van der Waals surface area contributed by atoms with Crippen molar-refractivity contribution in [3.63, 3.8) is 0 Å². The molecular weight excluding hydrogens is 100 g/mol. The number of nitrogens with two attached hydrogens (primary N) is 1. The molecule has 7 heavy (non-hydrogen) atoms. The van der Waals surface area contributed by atoms with Crippen LogP contribution in [0.4, 0.5) is 8.78 Å². The van der Waals surface area contributed by atoms with Gasteiger partial charge >= 0.3 is 0 Å². The van der Waals surface area contributed by atoms with Gasteiger partial charge in [-0.15, -0.1) is 0 Å². The van der Waals surface area contributed by atoms with E-state index in [1.807, 2.05) is 0 Å². The molecule has 0 unspecified atom stereocenters. The van der Waals surface area contributed by atoms with Crippen LogP contribution >= 0.6 is 0 Å². The number of alkyl halides is 2. The zero-order valence-electron chi connectivity index (χ0n) is 3.82. The van der Waals surface area contributed by atoms with E-state index in [2.05, 4.69) is 0 Å². The summed E-state index contributed by atoms with van der Waals surface area (Å²) in [4.78, 5) is 0. The van der Waals surface area contributed by atoms with Gasteiger partial charge in [-0.3, -0.25) is 0 Å². The van der Waals surface area contributed by atoms with Crippen molar-refractivity contribution in [3.05, 3.63) is 0 Å². The summed E-state index contributed by atoms with van der Waals surface area (Å²) < 4.78 is 23.4. The first kappa shape index (κ1) is 4.97. The van der Waals surface area contributed by atoms with E-state index in [1.165, 1.54) is 0 Å². The van der Waals surface area contributed by atoms with Gasteiger partial charge in [-0.25, -0.2) is 8.78 Å². The molecule has 0 aliphatic heterocycles. The minimum atomic E-state index is -2.41. The molecule has 1 fully saturated rings. The molecule has 0 heterocycles. The van der Waals surface area contributed by atoms with Crippen LogP contribution in [0.1, 0.15) is 6.42 Å². The first-order valence-electron chi connectivity index (χ1n) is 2.24. The summed E-state index contributed by atoms with van der Waals surface area (Å²) >= 11 is 0. The first-order chi connectivity index (χ1) is 3.17.